The third-order valence-corrected chi connectivity index (χ3v) is 5.81. The summed E-state index contributed by atoms with van der Waals surface area (Å²) in [5, 5.41) is 6.84. The zero-order valence-corrected chi connectivity index (χ0v) is 17.6. The van der Waals surface area contributed by atoms with Crippen LogP contribution in [-0.2, 0) is 26.0 Å². The van der Waals surface area contributed by atoms with Gasteiger partial charge in [-0.15, -0.1) is 0 Å². The number of anilines is 2. The van der Waals surface area contributed by atoms with Crippen molar-refractivity contribution in [2.75, 3.05) is 22.4 Å². The summed E-state index contributed by atoms with van der Waals surface area (Å²) in [7, 11) is -3.36. The van der Waals surface area contributed by atoms with E-state index in [1.807, 2.05) is 13.8 Å². The Bertz CT molecular complexity index is 1040. The molecule has 10 heteroatoms. The van der Waals surface area contributed by atoms with E-state index in [0.29, 0.717) is 24.5 Å². The average Bonchev–Trinajstić information content (AvgIpc) is 3.26. The van der Waals surface area contributed by atoms with Crippen molar-refractivity contribution in [3.63, 3.8) is 0 Å². The zero-order valence-electron chi connectivity index (χ0n) is 16.7. The van der Waals surface area contributed by atoms with E-state index in [1.54, 1.807) is 29.1 Å². The van der Waals surface area contributed by atoms with Gasteiger partial charge < -0.3 is 10.1 Å². The molecule has 0 bridgehead atoms. The van der Waals surface area contributed by atoms with Gasteiger partial charge in [-0.2, -0.15) is 5.10 Å². The lowest BCUT2D eigenvalue weighted by molar-refractivity contribution is -0.123. The van der Waals surface area contributed by atoms with Crippen LogP contribution in [0, 0.1) is 0 Å². The van der Waals surface area contributed by atoms with Crippen LogP contribution in [0.4, 0.5) is 11.5 Å². The minimum Gasteiger partial charge on any atom is -0.449 e. The minimum absolute atomic E-state index is 0.0658. The van der Waals surface area contributed by atoms with Crippen LogP contribution in [0.3, 0.4) is 0 Å². The standard InChI is InChI=1S/C19H24N4O5S/c1-12(2)23-17(7-9-20-23)21-18(24)13(3)28-19(25)15-5-6-16-14(11-15)8-10-22(16)29(4,26)27/h5-7,9,11-13H,8,10H2,1-4H3,(H,21,24)/t13-/m0/s1. The third-order valence-electron chi connectivity index (χ3n) is 4.63. The lowest BCUT2D eigenvalue weighted by Gasteiger charge is -2.17. The first-order chi connectivity index (χ1) is 13.6. The number of ether oxygens (including phenoxy) is 1. The quantitative estimate of drug-likeness (QED) is 0.716. The monoisotopic (exact) mass is 420 g/mol. The molecular formula is C19H24N4O5S. The molecule has 1 aliphatic rings. The average molecular weight is 420 g/mol. The van der Waals surface area contributed by atoms with Gasteiger partial charge in [0.1, 0.15) is 5.82 Å². The predicted molar refractivity (Wildman–Crippen MR) is 108 cm³/mol. The Morgan fingerprint density at radius 3 is 2.59 bits per heavy atom. The molecule has 1 N–H and O–H groups in total. The lowest BCUT2D eigenvalue weighted by Crippen LogP contribution is -2.31. The van der Waals surface area contributed by atoms with E-state index in [1.165, 1.54) is 17.3 Å². The third kappa shape index (κ3) is 4.42. The molecule has 1 amide bonds. The van der Waals surface area contributed by atoms with Crippen molar-refractivity contribution < 1.29 is 22.7 Å². The Hall–Kier alpha value is -2.88. The molecule has 1 aliphatic heterocycles. The fourth-order valence-electron chi connectivity index (χ4n) is 3.18. The van der Waals surface area contributed by atoms with Crippen LogP contribution in [0.2, 0.25) is 0 Å². The highest BCUT2D eigenvalue weighted by atomic mass is 32.2. The molecule has 0 saturated heterocycles. The van der Waals surface area contributed by atoms with Gasteiger partial charge in [0.25, 0.3) is 5.91 Å². The lowest BCUT2D eigenvalue weighted by atomic mass is 10.1. The number of fused-ring (bicyclic) bond motifs is 1. The molecular weight excluding hydrogens is 396 g/mol. The van der Waals surface area contributed by atoms with Gasteiger partial charge in [0, 0.05) is 18.7 Å². The van der Waals surface area contributed by atoms with Gasteiger partial charge in [0.05, 0.1) is 23.7 Å². The number of hydrogen-bond donors (Lipinski definition) is 1. The number of amides is 1. The Morgan fingerprint density at radius 1 is 1.21 bits per heavy atom. The molecule has 9 nitrogen and oxygen atoms in total. The van der Waals surface area contributed by atoms with Gasteiger partial charge in [-0.1, -0.05) is 0 Å². The molecule has 0 aliphatic carbocycles. The number of aromatic nitrogens is 2. The van der Waals surface area contributed by atoms with Crippen LogP contribution in [0.15, 0.2) is 30.5 Å². The number of carbonyl (C=O) groups excluding carboxylic acids is 2. The number of sulfonamides is 1. The fraction of sp³-hybridized carbons (Fsp3) is 0.421. The van der Waals surface area contributed by atoms with Crippen LogP contribution in [0.25, 0.3) is 0 Å². The summed E-state index contributed by atoms with van der Waals surface area (Å²) in [5.74, 6) is -0.595. The summed E-state index contributed by atoms with van der Waals surface area (Å²) >= 11 is 0. The Morgan fingerprint density at radius 2 is 1.93 bits per heavy atom. The Balaban J connectivity index is 1.67. The molecule has 2 heterocycles. The van der Waals surface area contributed by atoms with Crippen LogP contribution < -0.4 is 9.62 Å². The van der Waals surface area contributed by atoms with Gasteiger partial charge in [0.15, 0.2) is 6.10 Å². The molecule has 156 valence electrons. The van der Waals surface area contributed by atoms with Gasteiger partial charge in [-0.25, -0.2) is 17.9 Å². The first kappa shape index (κ1) is 20.8. The first-order valence-corrected chi connectivity index (χ1v) is 11.1. The van der Waals surface area contributed by atoms with Gasteiger partial charge >= 0.3 is 5.97 Å². The first-order valence-electron chi connectivity index (χ1n) is 9.24. The topological polar surface area (TPSA) is 111 Å². The van der Waals surface area contributed by atoms with E-state index in [9.17, 15) is 18.0 Å². The van der Waals surface area contributed by atoms with E-state index in [4.69, 9.17) is 4.74 Å². The summed E-state index contributed by atoms with van der Waals surface area (Å²) in [6.45, 7) is 5.70. The molecule has 2 aromatic rings. The smallest absolute Gasteiger partial charge is 0.338 e. The van der Waals surface area contributed by atoms with E-state index >= 15 is 0 Å². The molecule has 1 aromatic heterocycles. The van der Waals surface area contributed by atoms with Crippen molar-refractivity contribution in [2.45, 2.75) is 39.3 Å². The summed E-state index contributed by atoms with van der Waals surface area (Å²) in [6, 6.07) is 6.44. The van der Waals surface area contributed by atoms with Gasteiger partial charge in [-0.3, -0.25) is 9.10 Å². The molecule has 0 fully saturated rings. The molecule has 0 saturated carbocycles. The highest BCUT2D eigenvalue weighted by Crippen LogP contribution is 2.31. The molecule has 0 radical (unpaired) electrons. The second-order valence-corrected chi connectivity index (χ2v) is 9.13. The maximum absolute atomic E-state index is 12.5. The highest BCUT2D eigenvalue weighted by molar-refractivity contribution is 7.92. The minimum atomic E-state index is -3.36. The Kier molecular flexibility index (Phi) is 5.65. The second-order valence-electron chi connectivity index (χ2n) is 7.22. The van der Waals surface area contributed by atoms with Crippen molar-refractivity contribution in [3.05, 3.63) is 41.6 Å². The zero-order chi connectivity index (χ0) is 21.3. The van der Waals surface area contributed by atoms with Crippen molar-refractivity contribution >= 4 is 33.4 Å². The largest absolute Gasteiger partial charge is 0.449 e. The molecule has 0 spiro atoms. The summed E-state index contributed by atoms with van der Waals surface area (Å²) in [4.78, 5) is 24.9. The number of nitrogens with zero attached hydrogens (tertiary/aromatic N) is 3. The summed E-state index contributed by atoms with van der Waals surface area (Å²) in [5.41, 5.74) is 1.59. The van der Waals surface area contributed by atoms with E-state index in [-0.39, 0.29) is 11.6 Å². The normalized spacial score (nSPS) is 14.6. The number of carbonyl (C=O) groups is 2. The summed E-state index contributed by atoms with van der Waals surface area (Å²) < 4.78 is 31.9. The molecule has 3 rings (SSSR count). The van der Waals surface area contributed by atoms with Gasteiger partial charge in [-0.05, 0) is 51.0 Å². The number of hydrogen-bond acceptors (Lipinski definition) is 6. The van der Waals surface area contributed by atoms with Crippen molar-refractivity contribution in [2.24, 2.45) is 0 Å². The number of nitrogens with one attached hydrogen (secondary N) is 1. The SMILES string of the molecule is CC(C)n1nccc1NC(=O)[C@H](C)OC(=O)c1ccc2c(c1)CCN2S(C)(=O)=O. The predicted octanol–water partition coefficient (Wildman–Crippen LogP) is 1.97. The van der Waals surface area contributed by atoms with Crippen molar-refractivity contribution in [3.8, 4) is 0 Å². The van der Waals surface area contributed by atoms with Crippen LogP contribution in [0.1, 0.15) is 42.7 Å². The van der Waals surface area contributed by atoms with Crippen LogP contribution >= 0.6 is 0 Å². The number of rotatable bonds is 6. The van der Waals surface area contributed by atoms with Crippen LogP contribution in [0.5, 0.6) is 0 Å². The van der Waals surface area contributed by atoms with Crippen LogP contribution in [-0.4, -0.2) is 49.0 Å². The van der Waals surface area contributed by atoms with E-state index in [2.05, 4.69) is 10.4 Å². The maximum Gasteiger partial charge on any atom is 0.338 e. The number of esters is 1. The molecule has 1 aromatic carbocycles. The highest BCUT2D eigenvalue weighted by Gasteiger charge is 2.28. The molecule has 29 heavy (non-hydrogen) atoms. The molecule has 1 atom stereocenters. The fourth-order valence-corrected chi connectivity index (χ4v) is 4.14. The maximum atomic E-state index is 12.5. The van der Waals surface area contributed by atoms with Crippen molar-refractivity contribution in [1.82, 2.24) is 9.78 Å². The summed E-state index contributed by atoms with van der Waals surface area (Å²) in [6.07, 6.45) is 2.23. The second kappa shape index (κ2) is 7.86. The molecule has 0 unspecified atom stereocenters. The Labute approximate surface area is 169 Å². The van der Waals surface area contributed by atoms with E-state index in [0.717, 1.165) is 11.8 Å². The van der Waals surface area contributed by atoms with Gasteiger partial charge in [0.2, 0.25) is 10.0 Å². The van der Waals surface area contributed by atoms with E-state index < -0.39 is 28.0 Å². The number of benzene rings is 1. The van der Waals surface area contributed by atoms with Crippen molar-refractivity contribution in [1.29, 1.82) is 0 Å².